The fourth-order valence-corrected chi connectivity index (χ4v) is 3.51. The Kier molecular flexibility index (Phi) is 4.31. The number of hydrogen-bond donors (Lipinski definition) is 1. The van der Waals surface area contributed by atoms with Crippen molar-refractivity contribution < 1.29 is 9.84 Å². The number of ether oxygens (including phenoxy) is 1. The molecule has 1 aliphatic heterocycles. The first-order chi connectivity index (χ1) is 7.58. The topological polar surface area (TPSA) is 29.5 Å². The van der Waals surface area contributed by atoms with Crippen LogP contribution in [-0.4, -0.2) is 22.9 Å². The van der Waals surface area contributed by atoms with E-state index in [-0.39, 0.29) is 5.60 Å². The fourth-order valence-electron chi connectivity index (χ4n) is 3.51. The predicted octanol–water partition coefficient (Wildman–Crippen LogP) is 3.77. The lowest BCUT2D eigenvalue weighted by Crippen LogP contribution is -2.45. The minimum absolute atomic E-state index is 0.0139. The van der Waals surface area contributed by atoms with Crippen molar-refractivity contribution in [2.24, 2.45) is 11.3 Å². The fraction of sp³-hybridized carbons (Fsp3) is 1.00. The van der Waals surface area contributed by atoms with E-state index in [1.54, 1.807) is 0 Å². The van der Waals surface area contributed by atoms with Crippen molar-refractivity contribution in [1.29, 1.82) is 0 Å². The SMILES string of the molecule is CCC(CC(C)(C)O)C1(C)CCOC(C)(C)C1. The molecule has 0 radical (unpaired) electrons. The molecule has 0 aromatic heterocycles. The molecule has 1 N–H and O–H groups in total. The number of hydrogen-bond acceptors (Lipinski definition) is 2. The van der Waals surface area contributed by atoms with Gasteiger partial charge in [-0.05, 0) is 58.3 Å². The normalized spacial score (nSPS) is 31.2. The van der Waals surface area contributed by atoms with Crippen LogP contribution in [-0.2, 0) is 4.74 Å². The molecule has 0 aromatic rings. The first-order valence-electron chi connectivity index (χ1n) is 6.94. The van der Waals surface area contributed by atoms with E-state index in [0.717, 1.165) is 32.3 Å². The molecule has 2 heteroatoms. The zero-order valence-corrected chi connectivity index (χ0v) is 12.5. The molecule has 1 saturated heterocycles. The number of aliphatic hydroxyl groups is 1. The summed E-state index contributed by atoms with van der Waals surface area (Å²) < 4.78 is 5.82. The lowest BCUT2D eigenvalue weighted by atomic mass is 9.64. The Morgan fingerprint density at radius 2 is 1.88 bits per heavy atom. The molecule has 1 heterocycles. The Bertz CT molecular complexity index is 252. The van der Waals surface area contributed by atoms with Gasteiger partial charge in [-0.25, -0.2) is 0 Å². The lowest BCUT2D eigenvalue weighted by molar-refractivity contribution is -0.124. The van der Waals surface area contributed by atoms with Crippen LogP contribution in [0, 0.1) is 11.3 Å². The van der Waals surface area contributed by atoms with E-state index in [1.165, 1.54) is 0 Å². The molecular weight excluding hydrogens is 212 g/mol. The van der Waals surface area contributed by atoms with Crippen LogP contribution in [0.25, 0.3) is 0 Å². The van der Waals surface area contributed by atoms with Crippen LogP contribution in [0.15, 0.2) is 0 Å². The molecule has 102 valence electrons. The van der Waals surface area contributed by atoms with Gasteiger partial charge in [0.1, 0.15) is 0 Å². The highest BCUT2D eigenvalue weighted by Gasteiger charge is 2.43. The molecule has 1 fully saturated rings. The van der Waals surface area contributed by atoms with Crippen molar-refractivity contribution in [3.05, 3.63) is 0 Å². The molecule has 0 amide bonds. The Morgan fingerprint density at radius 1 is 1.29 bits per heavy atom. The molecule has 17 heavy (non-hydrogen) atoms. The van der Waals surface area contributed by atoms with E-state index in [0.29, 0.717) is 11.3 Å². The summed E-state index contributed by atoms with van der Waals surface area (Å²) >= 11 is 0. The van der Waals surface area contributed by atoms with Crippen LogP contribution in [0.2, 0.25) is 0 Å². The summed E-state index contributed by atoms with van der Waals surface area (Å²) in [6.07, 6.45) is 4.23. The van der Waals surface area contributed by atoms with Gasteiger partial charge in [0.2, 0.25) is 0 Å². The molecular formula is C15H30O2. The van der Waals surface area contributed by atoms with Gasteiger partial charge in [-0.15, -0.1) is 0 Å². The molecule has 0 bridgehead atoms. The minimum Gasteiger partial charge on any atom is -0.390 e. The van der Waals surface area contributed by atoms with Gasteiger partial charge >= 0.3 is 0 Å². The molecule has 0 spiro atoms. The third-order valence-electron chi connectivity index (χ3n) is 4.22. The Labute approximate surface area is 107 Å². The zero-order chi connectivity index (χ0) is 13.3. The van der Waals surface area contributed by atoms with Crippen LogP contribution >= 0.6 is 0 Å². The van der Waals surface area contributed by atoms with E-state index in [9.17, 15) is 5.11 Å². The maximum Gasteiger partial charge on any atom is 0.0631 e. The van der Waals surface area contributed by atoms with Crippen molar-refractivity contribution >= 4 is 0 Å². The van der Waals surface area contributed by atoms with Crippen LogP contribution < -0.4 is 0 Å². The van der Waals surface area contributed by atoms with Crippen molar-refractivity contribution in [3.8, 4) is 0 Å². The predicted molar refractivity (Wildman–Crippen MR) is 72.1 cm³/mol. The standard InChI is InChI=1S/C15H30O2/c1-7-12(10-13(2,3)16)15(6)8-9-17-14(4,5)11-15/h12,16H,7-11H2,1-6H3. The number of rotatable bonds is 4. The Hall–Kier alpha value is -0.0800. The monoisotopic (exact) mass is 242 g/mol. The summed E-state index contributed by atoms with van der Waals surface area (Å²) in [6, 6.07) is 0. The summed E-state index contributed by atoms with van der Waals surface area (Å²) in [5, 5.41) is 10.1. The maximum atomic E-state index is 10.1. The summed E-state index contributed by atoms with van der Waals surface area (Å²) in [6.45, 7) is 13.7. The molecule has 2 atom stereocenters. The molecule has 0 aliphatic carbocycles. The van der Waals surface area contributed by atoms with Crippen LogP contribution in [0.3, 0.4) is 0 Å². The van der Waals surface area contributed by atoms with Crippen molar-refractivity contribution in [1.82, 2.24) is 0 Å². The third-order valence-corrected chi connectivity index (χ3v) is 4.22. The summed E-state index contributed by atoms with van der Waals surface area (Å²) in [5.74, 6) is 0.575. The molecule has 0 saturated carbocycles. The van der Waals surface area contributed by atoms with Gasteiger partial charge in [0.25, 0.3) is 0 Å². The largest absolute Gasteiger partial charge is 0.390 e. The van der Waals surface area contributed by atoms with Gasteiger partial charge in [-0.2, -0.15) is 0 Å². The van der Waals surface area contributed by atoms with Crippen LogP contribution in [0.4, 0.5) is 0 Å². The average Bonchev–Trinajstić information content (AvgIpc) is 2.10. The highest BCUT2D eigenvalue weighted by Crippen LogP contribution is 2.47. The van der Waals surface area contributed by atoms with Gasteiger partial charge in [-0.3, -0.25) is 0 Å². The van der Waals surface area contributed by atoms with Gasteiger partial charge in [0, 0.05) is 6.61 Å². The van der Waals surface area contributed by atoms with Gasteiger partial charge < -0.3 is 9.84 Å². The van der Waals surface area contributed by atoms with E-state index in [4.69, 9.17) is 4.74 Å². The summed E-state index contributed by atoms with van der Waals surface area (Å²) in [7, 11) is 0. The van der Waals surface area contributed by atoms with E-state index in [2.05, 4.69) is 27.7 Å². The minimum atomic E-state index is -0.563. The van der Waals surface area contributed by atoms with Crippen molar-refractivity contribution in [2.75, 3.05) is 6.61 Å². The molecule has 1 aliphatic rings. The second-order valence-electron chi connectivity index (χ2n) is 7.31. The van der Waals surface area contributed by atoms with Crippen LogP contribution in [0.5, 0.6) is 0 Å². The summed E-state index contributed by atoms with van der Waals surface area (Å²) in [5.41, 5.74) is -0.275. The first kappa shape index (κ1) is 15.0. The quantitative estimate of drug-likeness (QED) is 0.813. The highest BCUT2D eigenvalue weighted by atomic mass is 16.5. The highest BCUT2D eigenvalue weighted by molar-refractivity contribution is 4.93. The smallest absolute Gasteiger partial charge is 0.0631 e. The molecule has 2 unspecified atom stereocenters. The first-order valence-corrected chi connectivity index (χ1v) is 6.94. The summed E-state index contributed by atoms with van der Waals surface area (Å²) in [4.78, 5) is 0. The van der Waals surface area contributed by atoms with E-state index >= 15 is 0 Å². The zero-order valence-electron chi connectivity index (χ0n) is 12.5. The van der Waals surface area contributed by atoms with Crippen molar-refractivity contribution in [2.45, 2.75) is 78.4 Å². The van der Waals surface area contributed by atoms with Gasteiger partial charge in [0.15, 0.2) is 0 Å². The Morgan fingerprint density at radius 3 is 2.29 bits per heavy atom. The van der Waals surface area contributed by atoms with Crippen LogP contribution in [0.1, 0.15) is 67.2 Å². The molecule has 0 aromatic carbocycles. The van der Waals surface area contributed by atoms with Gasteiger partial charge in [0.05, 0.1) is 11.2 Å². The van der Waals surface area contributed by atoms with Gasteiger partial charge in [-0.1, -0.05) is 20.3 Å². The Balaban J connectivity index is 2.79. The maximum absolute atomic E-state index is 10.1. The van der Waals surface area contributed by atoms with E-state index < -0.39 is 5.60 Å². The third kappa shape index (κ3) is 4.26. The van der Waals surface area contributed by atoms with E-state index in [1.807, 2.05) is 13.8 Å². The lowest BCUT2D eigenvalue weighted by Gasteiger charge is -2.48. The average molecular weight is 242 g/mol. The molecule has 2 nitrogen and oxygen atoms in total. The molecule has 1 rings (SSSR count). The second kappa shape index (κ2) is 4.89. The second-order valence-corrected chi connectivity index (χ2v) is 7.31. The van der Waals surface area contributed by atoms with Crippen molar-refractivity contribution in [3.63, 3.8) is 0 Å².